The molecule has 0 spiro atoms. The van der Waals surface area contributed by atoms with Gasteiger partial charge in [-0.2, -0.15) is 16.8 Å². The van der Waals surface area contributed by atoms with E-state index in [0.717, 1.165) is 21.1 Å². The molecule has 0 atom stereocenters. The SMILES string of the molecule is CS(=O)(=O)c1ccccc1Cc1ccc(N2CC(=O)NS2(=O)=O)c(O)c1.CS(=O)(=O)c1ccccc1Cc1ccc(N2CC(=O)NS2(=O)=O)c(O)c1. The van der Waals surface area contributed by atoms with Crippen LogP contribution < -0.4 is 18.1 Å². The van der Waals surface area contributed by atoms with Crippen LogP contribution in [0.5, 0.6) is 11.5 Å². The minimum Gasteiger partial charge on any atom is -0.506 e. The molecule has 6 rings (SSSR count). The first-order valence-corrected chi connectivity index (χ1v) is 21.7. The number of hydrogen-bond donors (Lipinski definition) is 4. The van der Waals surface area contributed by atoms with Gasteiger partial charge in [-0.05, 0) is 71.5 Å². The molecule has 2 fully saturated rings. The van der Waals surface area contributed by atoms with Crippen molar-refractivity contribution in [2.75, 3.05) is 34.2 Å². The van der Waals surface area contributed by atoms with Gasteiger partial charge in [0.25, 0.3) is 11.8 Å². The van der Waals surface area contributed by atoms with E-state index >= 15 is 0 Å². The molecule has 0 aliphatic carbocycles. The Morgan fingerprint density at radius 2 is 0.942 bits per heavy atom. The third-order valence-electron chi connectivity index (χ3n) is 7.79. The third kappa shape index (κ3) is 8.47. The van der Waals surface area contributed by atoms with Crippen LogP contribution in [0.2, 0.25) is 0 Å². The molecule has 0 bridgehead atoms. The molecule has 52 heavy (non-hydrogen) atoms. The summed E-state index contributed by atoms with van der Waals surface area (Å²) in [5, 5.41) is 20.4. The second-order valence-electron chi connectivity index (χ2n) is 11.8. The van der Waals surface area contributed by atoms with Crippen molar-refractivity contribution in [3.63, 3.8) is 0 Å². The molecule has 2 aliphatic heterocycles. The lowest BCUT2D eigenvalue weighted by atomic mass is 10.0. The third-order valence-corrected chi connectivity index (χ3v) is 13.0. The first kappa shape index (κ1) is 38.1. The topological polar surface area (TPSA) is 242 Å². The average molecular weight is 793 g/mol. The number of nitrogens with zero attached hydrogens (tertiary/aromatic N) is 2. The molecule has 4 aromatic rings. The lowest BCUT2D eigenvalue weighted by molar-refractivity contribution is -0.118. The van der Waals surface area contributed by atoms with E-state index in [0.29, 0.717) is 22.3 Å². The van der Waals surface area contributed by atoms with Crippen molar-refractivity contribution in [1.82, 2.24) is 9.44 Å². The highest BCUT2D eigenvalue weighted by Crippen LogP contribution is 2.34. The molecule has 0 saturated carbocycles. The Labute approximate surface area is 300 Å². The molecule has 2 amide bonds. The van der Waals surface area contributed by atoms with E-state index in [-0.39, 0.29) is 45.5 Å². The summed E-state index contributed by atoms with van der Waals surface area (Å²) in [6.45, 7) is -0.821. The monoisotopic (exact) mass is 792 g/mol. The van der Waals surface area contributed by atoms with Crippen LogP contribution >= 0.6 is 0 Å². The van der Waals surface area contributed by atoms with Gasteiger partial charge in [-0.15, -0.1) is 0 Å². The van der Waals surface area contributed by atoms with Crippen LogP contribution in [-0.4, -0.2) is 81.3 Å². The highest BCUT2D eigenvalue weighted by atomic mass is 32.2. The Morgan fingerprint density at radius 3 is 1.23 bits per heavy atom. The summed E-state index contributed by atoms with van der Waals surface area (Å²) < 4.78 is 100. The summed E-state index contributed by atoms with van der Waals surface area (Å²) in [6, 6.07) is 21.7. The molecule has 4 N–H and O–H groups in total. The van der Waals surface area contributed by atoms with Crippen molar-refractivity contribution in [3.8, 4) is 11.5 Å². The molecule has 20 heteroatoms. The van der Waals surface area contributed by atoms with Gasteiger partial charge in [0, 0.05) is 12.5 Å². The second kappa shape index (κ2) is 14.1. The number of sulfone groups is 2. The fraction of sp³-hybridized carbons (Fsp3) is 0.188. The van der Waals surface area contributed by atoms with Crippen LogP contribution in [0.4, 0.5) is 11.4 Å². The molecule has 2 saturated heterocycles. The van der Waals surface area contributed by atoms with Crippen molar-refractivity contribution < 1.29 is 53.5 Å². The van der Waals surface area contributed by atoms with Crippen molar-refractivity contribution in [2.24, 2.45) is 0 Å². The van der Waals surface area contributed by atoms with Gasteiger partial charge in [0.1, 0.15) is 24.6 Å². The first-order valence-electron chi connectivity index (χ1n) is 15.0. The van der Waals surface area contributed by atoms with Gasteiger partial charge >= 0.3 is 20.4 Å². The smallest absolute Gasteiger partial charge is 0.326 e. The predicted molar refractivity (Wildman–Crippen MR) is 190 cm³/mol. The summed E-state index contributed by atoms with van der Waals surface area (Å²) in [5.41, 5.74) is 2.27. The number of amides is 2. The molecule has 0 unspecified atom stereocenters. The molecular formula is C32H32N4O12S4. The Hall–Kier alpha value is -5.18. The van der Waals surface area contributed by atoms with Crippen molar-refractivity contribution in [3.05, 3.63) is 107 Å². The average Bonchev–Trinajstić information content (AvgIpc) is 3.47. The van der Waals surface area contributed by atoms with Gasteiger partial charge in [0.2, 0.25) is 0 Å². The predicted octanol–water partition coefficient (Wildman–Crippen LogP) is 1.14. The molecule has 0 aromatic heterocycles. The summed E-state index contributed by atoms with van der Waals surface area (Å²) in [4.78, 5) is 23.0. The minimum absolute atomic E-state index is 0.0245. The number of benzene rings is 4. The Bertz CT molecular complexity index is 2360. The normalized spacial score (nSPS) is 16.5. The summed E-state index contributed by atoms with van der Waals surface area (Å²) in [6.07, 6.45) is 2.71. The number of hydrogen-bond acceptors (Lipinski definition) is 12. The number of phenols is 2. The van der Waals surface area contributed by atoms with E-state index in [1.165, 1.54) is 36.4 Å². The molecule has 2 aliphatic rings. The zero-order chi connectivity index (χ0) is 38.2. The Morgan fingerprint density at radius 1 is 0.596 bits per heavy atom. The Kier molecular flexibility index (Phi) is 10.3. The number of nitrogens with one attached hydrogen (secondary N) is 2. The second-order valence-corrected chi connectivity index (χ2v) is 19.0. The lowest BCUT2D eigenvalue weighted by Crippen LogP contribution is -2.29. The van der Waals surface area contributed by atoms with E-state index in [2.05, 4.69) is 0 Å². The molecule has 4 aromatic carbocycles. The Balaban J connectivity index is 0.000000201. The molecular weight excluding hydrogens is 761 g/mol. The van der Waals surface area contributed by atoms with Gasteiger partial charge in [0.05, 0.1) is 21.2 Å². The van der Waals surface area contributed by atoms with E-state index in [4.69, 9.17) is 0 Å². The van der Waals surface area contributed by atoms with Gasteiger partial charge in [-0.25, -0.2) is 34.9 Å². The van der Waals surface area contributed by atoms with Crippen LogP contribution in [0.3, 0.4) is 0 Å². The van der Waals surface area contributed by atoms with Crippen molar-refractivity contribution in [2.45, 2.75) is 22.6 Å². The van der Waals surface area contributed by atoms with E-state index in [1.54, 1.807) is 48.5 Å². The van der Waals surface area contributed by atoms with E-state index in [1.807, 2.05) is 9.44 Å². The van der Waals surface area contributed by atoms with Gasteiger partial charge in [0.15, 0.2) is 19.7 Å². The number of carbonyl (C=O) groups is 2. The quantitative estimate of drug-likeness (QED) is 0.196. The van der Waals surface area contributed by atoms with Crippen molar-refractivity contribution in [1.29, 1.82) is 0 Å². The van der Waals surface area contributed by atoms with Crippen LogP contribution in [-0.2, 0) is 62.5 Å². The fourth-order valence-electron chi connectivity index (χ4n) is 5.57. The van der Waals surface area contributed by atoms with E-state index < -0.39 is 65.0 Å². The summed E-state index contributed by atoms with van der Waals surface area (Å²) in [7, 11) is -14.8. The maximum absolute atomic E-state index is 11.9. The zero-order valence-corrected chi connectivity index (χ0v) is 30.7. The lowest BCUT2D eigenvalue weighted by Gasteiger charge is -2.17. The highest BCUT2D eigenvalue weighted by molar-refractivity contribution is 7.92. The number of aromatic hydroxyl groups is 2. The number of carbonyl (C=O) groups excluding carboxylic acids is 2. The maximum Gasteiger partial charge on any atom is 0.326 e. The standard InChI is InChI=1S/2C16H16N2O6S2/c2*1-25(21,22)15-5-3-2-4-12(15)8-11-6-7-13(14(19)9-11)18-10-16(20)17-26(18,23)24/h2*2-7,9,19H,8,10H2,1H3,(H,17,20). The van der Waals surface area contributed by atoms with Crippen LogP contribution in [0, 0.1) is 0 Å². The number of rotatable bonds is 8. The summed E-state index contributed by atoms with van der Waals surface area (Å²) in [5.74, 6) is -2.01. The van der Waals surface area contributed by atoms with Crippen molar-refractivity contribution >= 4 is 63.3 Å². The maximum atomic E-state index is 11.9. The highest BCUT2D eigenvalue weighted by Gasteiger charge is 2.36. The molecule has 16 nitrogen and oxygen atoms in total. The molecule has 276 valence electrons. The van der Waals surface area contributed by atoms with E-state index in [9.17, 15) is 53.5 Å². The van der Waals surface area contributed by atoms with Crippen LogP contribution in [0.1, 0.15) is 22.3 Å². The largest absolute Gasteiger partial charge is 0.506 e. The molecule has 0 radical (unpaired) electrons. The fourth-order valence-corrected chi connectivity index (χ4v) is 9.78. The van der Waals surface area contributed by atoms with Crippen LogP contribution in [0.15, 0.2) is 94.7 Å². The molecule has 2 heterocycles. The minimum atomic E-state index is -4.02. The number of anilines is 2. The number of phenolic OH excluding ortho intramolecular Hbond substituents is 2. The zero-order valence-electron chi connectivity index (χ0n) is 27.4. The van der Waals surface area contributed by atoms with Gasteiger partial charge < -0.3 is 10.2 Å². The van der Waals surface area contributed by atoms with Crippen LogP contribution in [0.25, 0.3) is 0 Å². The van der Waals surface area contributed by atoms with Gasteiger partial charge in [-0.3, -0.25) is 9.59 Å². The van der Waals surface area contributed by atoms with Gasteiger partial charge in [-0.1, -0.05) is 48.5 Å². The first-order chi connectivity index (χ1) is 24.2. The summed E-state index contributed by atoms with van der Waals surface area (Å²) >= 11 is 0.